The Kier molecular flexibility index (Phi) is 5.66. The molecule has 1 aromatic carbocycles. The van der Waals surface area contributed by atoms with Crippen LogP contribution in [0.1, 0.15) is 32.1 Å². The highest BCUT2D eigenvalue weighted by Crippen LogP contribution is 2.34. The Hall–Kier alpha value is -2.65. The summed E-state index contributed by atoms with van der Waals surface area (Å²) < 4.78 is 42.2. The Morgan fingerprint density at radius 2 is 2.07 bits per heavy atom. The SMILES string of the molecule is Cc1ccccc1-n1ncc(C(=O)NCCN2CCc3sccc3C2)c1C(F)(F)F. The van der Waals surface area contributed by atoms with E-state index >= 15 is 0 Å². The largest absolute Gasteiger partial charge is 0.434 e. The van der Waals surface area contributed by atoms with Crippen LogP contribution in [0.25, 0.3) is 5.69 Å². The van der Waals surface area contributed by atoms with E-state index in [0.29, 0.717) is 17.8 Å². The molecule has 0 spiro atoms. The normalized spacial score (nSPS) is 14.5. The highest BCUT2D eigenvalue weighted by atomic mass is 32.1. The number of hydrogen-bond acceptors (Lipinski definition) is 4. The highest BCUT2D eigenvalue weighted by molar-refractivity contribution is 7.10. The number of amides is 1. The number of alkyl halides is 3. The first-order valence-corrected chi connectivity index (χ1v) is 10.5. The summed E-state index contributed by atoms with van der Waals surface area (Å²) in [6, 6.07) is 8.73. The molecule has 1 aliphatic heterocycles. The molecule has 4 rings (SSSR count). The van der Waals surface area contributed by atoms with Gasteiger partial charge in [-0.05, 0) is 42.0 Å². The van der Waals surface area contributed by atoms with Crippen LogP contribution in [0.5, 0.6) is 0 Å². The molecule has 1 aliphatic rings. The molecule has 0 bridgehead atoms. The topological polar surface area (TPSA) is 50.2 Å². The number of nitrogens with zero attached hydrogens (tertiary/aromatic N) is 3. The number of aromatic nitrogens is 2. The fraction of sp³-hybridized carbons (Fsp3) is 0.333. The maximum atomic E-state index is 13.8. The maximum absolute atomic E-state index is 13.8. The monoisotopic (exact) mass is 434 g/mol. The molecule has 3 aromatic rings. The summed E-state index contributed by atoms with van der Waals surface area (Å²) >= 11 is 1.75. The van der Waals surface area contributed by atoms with E-state index in [0.717, 1.165) is 30.4 Å². The predicted molar refractivity (Wildman–Crippen MR) is 109 cm³/mol. The van der Waals surface area contributed by atoms with Gasteiger partial charge in [0, 0.05) is 31.1 Å². The van der Waals surface area contributed by atoms with E-state index in [1.807, 2.05) is 0 Å². The van der Waals surface area contributed by atoms with Crippen molar-refractivity contribution in [1.29, 1.82) is 0 Å². The number of thiophene rings is 1. The van der Waals surface area contributed by atoms with E-state index in [4.69, 9.17) is 0 Å². The van der Waals surface area contributed by atoms with Crippen molar-refractivity contribution in [2.75, 3.05) is 19.6 Å². The average molecular weight is 434 g/mol. The van der Waals surface area contributed by atoms with Gasteiger partial charge < -0.3 is 5.32 Å². The van der Waals surface area contributed by atoms with Crippen molar-refractivity contribution in [3.63, 3.8) is 0 Å². The lowest BCUT2D eigenvalue weighted by molar-refractivity contribution is -0.143. The number of nitrogens with one attached hydrogen (secondary N) is 1. The molecule has 9 heteroatoms. The molecule has 1 N–H and O–H groups in total. The zero-order valence-electron chi connectivity index (χ0n) is 16.4. The van der Waals surface area contributed by atoms with Gasteiger partial charge in [-0.3, -0.25) is 9.69 Å². The lowest BCUT2D eigenvalue weighted by Crippen LogP contribution is -2.37. The molecule has 0 saturated heterocycles. The molecule has 0 aliphatic carbocycles. The molecule has 2 aromatic heterocycles. The van der Waals surface area contributed by atoms with Crippen molar-refractivity contribution in [2.45, 2.75) is 26.1 Å². The van der Waals surface area contributed by atoms with Crippen molar-refractivity contribution in [3.8, 4) is 5.69 Å². The number of halogens is 3. The molecule has 0 radical (unpaired) electrons. The Bertz CT molecular complexity index is 1060. The van der Waals surface area contributed by atoms with Crippen LogP contribution in [0.3, 0.4) is 0 Å². The summed E-state index contributed by atoms with van der Waals surface area (Å²) in [6.07, 6.45) is -2.76. The van der Waals surface area contributed by atoms with Crippen LogP contribution in [0.15, 0.2) is 41.9 Å². The predicted octanol–water partition coefficient (Wildman–Crippen LogP) is 4.05. The van der Waals surface area contributed by atoms with E-state index in [2.05, 4.69) is 26.8 Å². The summed E-state index contributed by atoms with van der Waals surface area (Å²) in [6.45, 7) is 4.23. The van der Waals surface area contributed by atoms with Crippen molar-refractivity contribution < 1.29 is 18.0 Å². The smallest absolute Gasteiger partial charge is 0.351 e. The van der Waals surface area contributed by atoms with Crippen LogP contribution in [-0.4, -0.2) is 40.2 Å². The molecule has 30 heavy (non-hydrogen) atoms. The lowest BCUT2D eigenvalue weighted by atomic mass is 10.1. The van der Waals surface area contributed by atoms with Crippen LogP contribution >= 0.6 is 11.3 Å². The number of carbonyl (C=O) groups is 1. The molecule has 3 heterocycles. The summed E-state index contributed by atoms with van der Waals surface area (Å²) in [5.41, 5.74) is 0.691. The van der Waals surface area contributed by atoms with Crippen molar-refractivity contribution in [3.05, 3.63) is 69.2 Å². The Labute approximate surface area is 176 Å². The summed E-state index contributed by atoms with van der Waals surface area (Å²) in [5.74, 6) is -0.768. The zero-order chi connectivity index (χ0) is 21.3. The average Bonchev–Trinajstić information content (AvgIpc) is 3.34. The Morgan fingerprint density at radius 1 is 1.27 bits per heavy atom. The van der Waals surface area contributed by atoms with E-state index in [1.165, 1.54) is 10.4 Å². The molecule has 1 amide bonds. The third kappa shape index (κ3) is 4.13. The summed E-state index contributed by atoms with van der Waals surface area (Å²) in [7, 11) is 0. The second-order valence-corrected chi connectivity index (χ2v) is 8.25. The quantitative estimate of drug-likeness (QED) is 0.659. The first-order valence-electron chi connectivity index (χ1n) is 9.61. The van der Waals surface area contributed by atoms with Gasteiger partial charge in [0.2, 0.25) is 0 Å². The van der Waals surface area contributed by atoms with Crippen LogP contribution in [0, 0.1) is 6.92 Å². The Balaban J connectivity index is 1.47. The number of para-hydroxylation sites is 1. The van der Waals surface area contributed by atoms with Crippen LogP contribution in [0.4, 0.5) is 13.2 Å². The van der Waals surface area contributed by atoms with Crippen molar-refractivity contribution in [1.82, 2.24) is 20.0 Å². The molecule has 158 valence electrons. The highest BCUT2D eigenvalue weighted by Gasteiger charge is 2.40. The molecular weight excluding hydrogens is 413 g/mol. The molecular formula is C21H21F3N4OS. The van der Waals surface area contributed by atoms with Gasteiger partial charge in [0.05, 0.1) is 17.4 Å². The lowest BCUT2D eigenvalue weighted by Gasteiger charge is -2.26. The molecule has 0 unspecified atom stereocenters. The van der Waals surface area contributed by atoms with Gasteiger partial charge in [0.25, 0.3) is 5.91 Å². The molecule has 0 atom stereocenters. The van der Waals surface area contributed by atoms with Gasteiger partial charge in [-0.15, -0.1) is 11.3 Å². The van der Waals surface area contributed by atoms with Gasteiger partial charge in [0.1, 0.15) is 0 Å². The van der Waals surface area contributed by atoms with Crippen molar-refractivity contribution >= 4 is 17.2 Å². The first-order chi connectivity index (χ1) is 14.3. The van der Waals surface area contributed by atoms with Gasteiger partial charge in [-0.2, -0.15) is 18.3 Å². The minimum Gasteiger partial charge on any atom is -0.351 e. The Morgan fingerprint density at radius 3 is 2.83 bits per heavy atom. The second kappa shape index (κ2) is 8.23. The van der Waals surface area contributed by atoms with E-state index in [1.54, 1.807) is 42.5 Å². The number of fused-ring (bicyclic) bond motifs is 1. The third-order valence-electron chi connectivity index (χ3n) is 5.23. The zero-order valence-corrected chi connectivity index (χ0v) is 17.2. The van der Waals surface area contributed by atoms with Gasteiger partial charge in [-0.1, -0.05) is 18.2 Å². The van der Waals surface area contributed by atoms with E-state index in [-0.39, 0.29) is 6.54 Å². The number of hydrogen-bond donors (Lipinski definition) is 1. The van der Waals surface area contributed by atoms with E-state index in [9.17, 15) is 18.0 Å². The summed E-state index contributed by atoms with van der Waals surface area (Å²) in [4.78, 5) is 16.1. The minimum absolute atomic E-state index is 0.269. The molecule has 0 saturated carbocycles. The number of rotatable bonds is 5. The van der Waals surface area contributed by atoms with E-state index < -0.39 is 23.3 Å². The second-order valence-electron chi connectivity index (χ2n) is 7.25. The van der Waals surface area contributed by atoms with Crippen molar-refractivity contribution in [2.24, 2.45) is 0 Å². The number of benzene rings is 1. The first kappa shape index (κ1) is 20.6. The van der Waals surface area contributed by atoms with Crippen LogP contribution in [-0.2, 0) is 19.1 Å². The molecule has 0 fully saturated rings. The third-order valence-corrected chi connectivity index (χ3v) is 6.25. The van der Waals surface area contributed by atoms with Gasteiger partial charge in [0.15, 0.2) is 5.69 Å². The van der Waals surface area contributed by atoms with Gasteiger partial charge >= 0.3 is 6.18 Å². The van der Waals surface area contributed by atoms with Gasteiger partial charge in [-0.25, -0.2) is 4.68 Å². The number of carbonyl (C=O) groups excluding carboxylic acids is 1. The number of aryl methyl sites for hydroxylation is 1. The molecule has 5 nitrogen and oxygen atoms in total. The maximum Gasteiger partial charge on any atom is 0.434 e. The fourth-order valence-electron chi connectivity index (χ4n) is 3.69. The standard InChI is InChI=1S/C21H21F3N4OS/c1-14-4-2-3-5-17(14)28-19(21(22,23)24)16(12-26-28)20(29)25-8-10-27-9-6-18-15(13-27)7-11-30-18/h2-5,7,11-12H,6,8-10,13H2,1H3,(H,25,29). The fourth-order valence-corrected chi connectivity index (χ4v) is 4.58. The van der Waals surface area contributed by atoms with Crippen LogP contribution in [0.2, 0.25) is 0 Å². The van der Waals surface area contributed by atoms with Crippen LogP contribution < -0.4 is 5.32 Å². The minimum atomic E-state index is -4.71. The summed E-state index contributed by atoms with van der Waals surface area (Å²) in [5, 5.41) is 8.57.